The quantitative estimate of drug-likeness (QED) is 0.231. The summed E-state index contributed by atoms with van der Waals surface area (Å²) in [6.07, 6.45) is 4.66. The van der Waals surface area contributed by atoms with Crippen LogP contribution in [0.15, 0.2) is 63.5 Å². The first-order valence-electron chi connectivity index (χ1n) is 12.6. The highest BCUT2D eigenvalue weighted by Crippen LogP contribution is 2.32. The van der Waals surface area contributed by atoms with E-state index in [1.54, 1.807) is 49.6 Å². The van der Waals surface area contributed by atoms with E-state index in [0.717, 1.165) is 36.1 Å². The molecule has 9 heteroatoms. The van der Waals surface area contributed by atoms with E-state index in [2.05, 4.69) is 11.9 Å². The van der Waals surface area contributed by atoms with Crippen molar-refractivity contribution in [3.05, 3.63) is 94.6 Å². The largest absolute Gasteiger partial charge is 0.494 e. The molecule has 0 spiro atoms. The number of carbonyl (C=O) groups is 1. The van der Waals surface area contributed by atoms with E-state index in [4.69, 9.17) is 32.7 Å². The Balaban J connectivity index is 1.80. The van der Waals surface area contributed by atoms with Gasteiger partial charge >= 0.3 is 5.97 Å². The minimum absolute atomic E-state index is 0.257. The molecule has 1 aliphatic heterocycles. The number of rotatable bonds is 9. The van der Waals surface area contributed by atoms with Gasteiger partial charge in [0.2, 0.25) is 0 Å². The van der Waals surface area contributed by atoms with Gasteiger partial charge in [-0.2, -0.15) is 0 Å². The highest BCUT2D eigenvalue weighted by atomic mass is 35.5. The normalized spacial score (nSPS) is 15.4. The van der Waals surface area contributed by atoms with E-state index in [1.165, 1.54) is 11.3 Å². The number of allylic oxidation sites excluding steroid dienone is 1. The Bertz CT molecular complexity index is 1540. The lowest BCUT2D eigenvalue weighted by molar-refractivity contribution is -0.143. The maximum atomic E-state index is 13.7. The van der Waals surface area contributed by atoms with Crippen LogP contribution in [0.3, 0.4) is 0 Å². The molecule has 0 bridgehead atoms. The van der Waals surface area contributed by atoms with Crippen molar-refractivity contribution in [3.63, 3.8) is 0 Å². The van der Waals surface area contributed by atoms with Crippen LogP contribution in [-0.2, 0) is 9.53 Å². The molecule has 1 atom stereocenters. The number of nitrogens with zero attached hydrogens (tertiary/aromatic N) is 2. The fraction of sp³-hybridized carbons (Fsp3) is 0.345. The Morgan fingerprint density at radius 1 is 1.13 bits per heavy atom. The molecule has 0 saturated heterocycles. The Morgan fingerprint density at radius 2 is 1.87 bits per heavy atom. The summed E-state index contributed by atoms with van der Waals surface area (Å²) in [6.45, 7) is 8.14. The van der Waals surface area contributed by atoms with Crippen LogP contribution in [0.2, 0.25) is 10.0 Å². The summed E-state index contributed by atoms with van der Waals surface area (Å²) < 4.78 is 13.5. The van der Waals surface area contributed by atoms with Gasteiger partial charge in [0.1, 0.15) is 5.75 Å². The first kappa shape index (κ1) is 28.1. The summed E-state index contributed by atoms with van der Waals surface area (Å²) in [4.78, 5) is 32.1. The Morgan fingerprint density at radius 3 is 2.53 bits per heavy atom. The Hall–Kier alpha value is -2.87. The van der Waals surface area contributed by atoms with Crippen molar-refractivity contribution in [2.75, 3.05) is 6.61 Å². The van der Waals surface area contributed by atoms with Crippen LogP contribution in [0.4, 0.5) is 0 Å². The van der Waals surface area contributed by atoms with Crippen molar-refractivity contribution in [3.8, 4) is 5.75 Å². The molecule has 4 rings (SSSR count). The van der Waals surface area contributed by atoms with Gasteiger partial charge in [-0.25, -0.2) is 9.79 Å². The highest BCUT2D eigenvalue weighted by molar-refractivity contribution is 7.07. The Labute approximate surface area is 235 Å². The van der Waals surface area contributed by atoms with E-state index in [-0.39, 0.29) is 11.7 Å². The third kappa shape index (κ3) is 6.22. The number of halogens is 2. The van der Waals surface area contributed by atoms with Crippen LogP contribution in [0, 0.1) is 0 Å². The third-order valence-corrected chi connectivity index (χ3v) is 7.76. The van der Waals surface area contributed by atoms with Crippen LogP contribution in [0.1, 0.15) is 64.1 Å². The van der Waals surface area contributed by atoms with Gasteiger partial charge in [0.05, 0.1) is 44.6 Å². The number of carbonyl (C=O) groups excluding carboxylic acids is 1. The summed E-state index contributed by atoms with van der Waals surface area (Å²) in [5.41, 5.74) is 2.10. The monoisotopic (exact) mass is 572 g/mol. The lowest BCUT2D eigenvalue weighted by atomic mass is 9.96. The second kappa shape index (κ2) is 12.3. The number of fused-ring (bicyclic) bond motifs is 1. The molecular formula is C29H30Cl2N2O4S. The second-order valence-electron chi connectivity index (χ2n) is 9.33. The van der Waals surface area contributed by atoms with Gasteiger partial charge in [0, 0.05) is 0 Å². The van der Waals surface area contributed by atoms with E-state index >= 15 is 0 Å². The van der Waals surface area contributed by atoms with Crippen molar-refractivity contribution < 1.29 is 14.3 Å². The van der Waals surface area contributed by atoms with Crippen LogP contribution in [-0.4, -0.2) is 23.2 Å². The fourth-order valence-corrected chi connectivity index (χ4v) is 5.57. The molecule has 2 heterocycles. The number of hydrogen-bond acceptors (Lipinski definition) is 6. The van der Waals surface area contributed by atoms with Gasteiger partial charge in [0.25, 0.3) is 5.56 Å². The number of hydrogen-bond donors (Lipinski definition) is 0. The van der Waals surface area contributed by atoms with Crippen molar-refractivity contribution in [2.45, 2.75) is 59.1 Å². The van der Waals surface area contributed by atoms with E-state index in [9.17, 15) is 9.59 Å². The highest BCUT2D eigenvalue weighted by Gasteiger charge is 2.33. The van der Waals surface area contributed by atoms with Gasteiger partial charge in [-0.15, -0.1) is 0 Å². The lowest BCUT2D eigenvalue weighted by Crippen LogP contribution is -2.40. The summed E-state index contributed by atoms with van der Waals surface area (Å²) >= 11 is 13.5. The van der Waals surface area contributed by atoms with E-state index < -0.39 is 12.0 Å². The fourth-order valence-electron chi connectivity index (χ4n) is 4.22. The van der Waals surface area contributed by atoms with Gasteiger partial charge < -0.3 is 9.47 Å². The molecule has 1 aromatic heterocycles. The van der Waals surface area contributed by atoms with E-state index in [0.29, 0.717) is 37.3 Å². The number of thiazole rings is 1. The third-order valence-electron chi connectivity index (χ3n) is 6.04. The standard InChI is InChI=1S/C29H30Cl2N2O4S/c1-5-6-7-14-36-21-11-9-20(10-12-21)26-25(28(35)37-17(2)3)18(4)32-29-33(26)27(34)24(38-29)16-19-8-13-22(30)23(31)15-19/h8-13,15-17,26H,5-7,14H2,1-4H3. The molecule has 2 aromatic carbocycles. The first-order chi connectivity index (χ1) is 18.2. The van der Waals surface area contributed by atoms with Crippen LogP contribution in [0.25, 0.3) is 6.08 Å². The minimum atomic E-state index is -0.692. The summed E-state index contributed by atoms with van der Waals surface area (Å²) in [5, 5.41) is 0.838. The number of unbranched alkanes of at least 4 members (excludes halogenated alkanes) is 2. The van der Waals surface area contributed by atoms with E-state index in [1.807, 2.05) is 24.3 Å². The van der Waals surface area contributed by atoms with Gasteiger partial charge in [0.15, 0.2) is 4.80 Å². The smallest absolute Gasteiger partial charge is 0.338 e. The molecule has 0 aliphatic carbocycles. The average molecular weight is 574 g/mol. The molecule has 6 nitrogen and oxygen atoms in total. The summed E-state index contributed by atoms with van der Waals surface area (Å²) in [5.74, 6) is 0.244. The van der Waals surface area contributed by atoms with Crippen molar-refractivity contribution in [1.29, 1.82) is 0 Å². The topological polar surface area (TPSA) is 69.9 Å². The van der Waals surface area contributed by atoms with Crippen LogP contribution in [0.5, 0.6) is 5.75 Å². The predicted octanol–water partition coefficient (Wildman–Crippen LogP) is 6.06. The van der Waals surface area contributed by atoms with Crippen molar-refractivity contribution >= 4 is 46.6 Å². The molecule has 0 saturated carbocycles. The molecule has 200 valence electrons. The molecule has 1 aliphatic rings. The lowest BCUT2D eigenvalue weighted by Gasteiger charge is -2.25. The van der Waals surface area contributed by atoms with Gasteiger partial charge in [-0.1, -0.05) is 72.5 Å². The molecular weight excluding hydrogens is 543 g/mol. The number of esters is 1. The van der Waals surface area contributed by atoms with Gasteiger partial charge in [-0.3, -0.25) is 9.36 Å². The van der Waals surface area contributed by atoms with Crippen LogP contribution < -0.4 is 19.6 Å². The zero-order valence-electron chi connectivity index (χ0n) is 21.8. The first-order valence-corrected chi connectivity index (χ1v) is 14.2. The van der Waals surface area contributed by atoms with Crippen molar-refractivity contribution in [2.24, 2.45) is 4.99 Å². The molecule has 38 heavy (non-hydrogen) atoms. The summed E-state index contributed by atoms with van der Waals surface area (Å²) in [7, 11) is 0. The van der Waals surface area contributed by atoms with Crippen LogP contribution >= 0.6 is 34.5 Å². The van der Waals surface area contributed by atoms with Gasteiger partial charge in [-0.05, 0) is 68.7 Å². The van der Waals surface area contributed by atoms with Crippen molar-refractivity contribution in [1.82, 2.24) is 4.57 Å². The maximum absolute atomic E-state index is 13.7. The average Bonchev–Trinajstić information content (AvgIpc) is 3.17. The zero-order valence-corrected chi connectivity index (χ0v) is 24.1. The number of benzene rings is 2. The molecule has 1 unspecified atom stereocenters. The molecule has 0 fully saturated rings. The Kier molecular flexibility index (Phi) is 9.13. The molecule has 0 amide bonds. The summed E-state index contributed by atoms with van der Waals surface area (Å²) in [6, 6.07) is 12.0. The maximum Gasteiger partial charge on any atom is 0.338 e. The number of aromatic nitrogens is 1. The predicted molar refractivity (Wildman–Crippen MR) is 153 cm³/mol. The second-order valence-corrected chi connectivity index (χ2v) is 11.2. The molecule has 0 N–H and O–H groups in total. The number of ether oxygens (including phenoxy) is 2. The SMILES string of the molecule is CCCCCOc1ccc(C2C(C(=O)OC(C)C)=C(C)N=c3sc(=Cc4ccc(Cl)c(Cl)c4)c(=O)n32)cc1. The minimum Gasteiger partial charge on any atom is -0.494 e. The molecule has 3 aromatic rings. The zero-order chi connectivity index (χ0) is 27.4. The molecule has 0 radical (unpaired) electrons.